The first kappa shape index (κ1) is 18.6. The second kappa shape index (κ2) is 7.35. The molecule has 1 fully saturated rings. The molecule has 0 saturated carbocycles. The van der Waals surface area contributed by atoms with E-state index in [0.717, 1.165) is 0 Å². The van der Waals surface area contributed by atoms with Gasteiger partial charge in [0.15, 0.2) is 0 Å². The average molecular weight is 393 g/mol. The number of nitrogens with one attached hydrogen (secondary N) is 2. The molecule has 148 valence electrons. The van der Waals surface area contributed by atoms with Gasteiger partial charge in [-0.15, -0.1) is 0 Å². The van der Waals surface area contributed by atoms with Crippen LogP contribution >= 0.6 is 0 Å². The van der Waals surface area contributed by atoms with E-state index in [1.54, 1.807) is 24.5 Å². The van der Waals surface area contributed by atoms with Crippen LogP contribution in [-0.2, 0) is 9.59 Å². The van der Waals surface area contributed by atoms with E-state index in [1.165, 1.54) is 0 Å². The number of nitrogens with zero attached hydrogens (tertiary/aromatic N) is 4. The number of nitriles is 1. The average Bonchev–Trinajstić information content (AvgIpc) is 2.73. The highest BCUT2D eigenvalue weighted by Crippen LogP contribution is 2.38. The lowest BCUT2D eigenvalue weighted by atomic mass is 9.79. The first-order valence-corrected chi connectivity index (χ1v) is 9.28. The Hall–Kier alpha value is -3.74. The van der Waals surface area contributed by atoms with Gasteiger partial charge in [0.2, 0.25) is 17.8 Å². The third-order valence-electron chi connectivity index (χ3n) is 5.51. The molecule has 0 aromatic carbocycles. The summed E-state index contributed by atoms with van der Waals surface area (Å²) in [6, 6.07) is 5.36. The number of anilines is 2. The van der Waals surface area contributed by atoms with Gasteiger partial charge in [-0.25, -0.2) is 0 Å². The molecule has 1 saturated heterocycles. The van der Waals surface area contributed by atoms with Gasteiger partial charge in [-0.05, 0) is 30.5 Å². The van der Waals surface area contributed by atoms with Crippen molar-refractivity contribution in [1.29, 1.82) is 5.26 Å². The molecule has 0 bridgehead atoms. The van der Waals surface area contributed by atoms with E-state index in [-0.39, 0.29) is 23.2 Å². The van der Waals surface area contributed by atoms with E-state index >= 15 is 0 Å². The molecule has 29 heavy (non-hydrogen) atoms. The maximum absolute atomic E-state index is 13.0. The number of primary amides is 1. The molecule has 0 radical (unpaired) electrons. The van der Waals surface area contributed by atoms with E-state index in [0.29, 0.717) is 37.4 Å². The van der Waals surface area contributed by atoms with Crippen molar-refractivity contribution in [2.45, 2.75) is 18.8 Å². The molecule has 0 spiro atoms. The lowest BCUT2D eigenvalue weighted by Crippen LogP contribution is -2.42. The number of aromatic amines is 1. The quantitative estimate of drug-likeness (QED) is 0.666. The number of carbonyl (C=O) groups excluding carboxylic acids is 2. The molecule has 2 atom stereocenters. The lowest BCUT2D eigenvalue weighted by Gasteiger charge is -2.33. The van der Waals surface area contributed by atoms with E-state index in [1.807, 2.05) is 11.0 Å². The Morgan fingerprint density at radius 3 is 2.55 bits per heavy atom. The van der Waals surface area contributed by atoms with Gasteiger partial charge in [0.1, 0.15) is 11.7 Å². The van der Waals surface area contributed by atoms with Crippen LogP contribution in [0.25, 0.3) is 0 Å². The number of rotatable bonds is 3. The summed E-state index contributed by atoms with van der Waals surface area (Å²) in [4.78, 5) is 49.9. The van der Waals surface area contributed by atoms with Crippen LogP contribution in [0, 0.1) is 23.2 Å². The van der Waals surface area contributed by atoms with E-state index in [2.05, 4.69) is 20.3 Å². The molecule has 2 unspecified atom stereocenters. The minimum absolute atomic E-state index is 0.152. The van der Waals surface area contributed by atoms with Crippen LogP contribution in [0.15, 0.2) is 29.3 Å². The third-order valence-corrected chi connectivity index (χ3v) is 5.51. The van der Waals surface area contributed by atoms with Gasteiger partial charge < -0.3 is 16.0 Å². The third kappa shape index (κ3) is 3.31. The number of aromatic nitrogens is 3. The fraction of sp³-hybridized carbons (Fsp3) is 0.368. The number of amides is 2. The van der Waals surface area contributed by atoms with Crippen molar-refractivity contribution in [3.05, 3.63) is 46.0 Å². The largest absolute Gasteiger partial charge is 0.369 e. The van der Waals surface area contributed by atoms with Crippen LogP contribution in [0.1, 0.15) is 29.9 Å². The minimum atomic E-state index is -1.05. The summed E-state index contributed by atoms with van der Waals surface area (Å²) in [5.41, 5.74) is 5.85. The Bertz CT molecular complexity index is 1050. The molecular formula is C19H19N7O3. The smallest absolute Gasteiger partial charge is 0.258 e. The number of carbonyl (C=O) groups is 2. The predicted octanol–water partition coefficient (Wildman–Crippen LogP) is 0.0904. The molecule has 10 nitrogen and oxygen atoms in total. The first-order valence-electron chi connectivity index (χ1n) is 9.28. The topological polar surface area (TPSA) is 158 Å². The van der Waals surface area contributed by atoms with Crippen LogP contribution in [0.4, 0.5) is 11.8 Å². The summed E-state index contributed by atoms with van der Waals surface area (Å²) in [6.45, 7) is 1.02. The summed E-state index contributed by atoms with van der Waals surface area (Å²) in [5, 5.41) is 12.1. The Kier molecular flexibility index (Phi) is 4.72. The van der Waals surface area contributed by atoms with Crippen molar-refractivity contribution in [2.24, 2.45) is 17.6 Å². The molecule has 4 N–H and O–H groups in total. The molecule has 2 aliphatic rings. The van der Waals surface area contributed by atoms with Crippen LogP contribution < -0.4 is 21.5 Å². The fourth-order valence-electron chi connectivity index (χ4n) is 3.96. The predicted molar refractivity (Wildman–Crippen MR) is 103 cm³/mol. The van der Waals surface area contributed by atoms with Gasteiger partial charge in [-0.2, -0.15) is 10.2 Å². The van der Waals surface area contributed by atoms with Crippen molar-refractivity contribution >= 4 is 23.6 Å². The highest BCUT2D eigenvalue weighted by atomic mass is 16.2. The second-order valence-electron chi connectivity index (χ2n) is 7.17. The van der Waals surface area contributed by atoms with Gasteiger partial charge in [-0.3, -0.25) is 24.4 Å². The van der Waals surface area contributed by atoms with Crippen molar-refractivity contribution in [1.82, 2.24) is 15.0 Å². The first-order chi connectivity index (χ1) is 14.0. The number of H-pyrrole nitrogens is 1. The zero-order chi connectivity index (χ0) is 20.5. The molecule has 4 heterocycles. The van der Waals surface area contributed by atoms with Gasteiger partial charge in [0.25, 0.3) is 5.56 Å². The minimum Gasteiger partial charge on any atom is -0.369 e. The summed E-state index contributed by atoms with van der Waals surface area (Å²) < 4.78 is 0. The highest BCUT2D eigenvalue weighted by molar-refractivity contribution is 5.97. The number of pyridine rings is 1. The number of fused-ring (bicyclic) bond motifs is 1. The SMILES string of the molecule is N#CC1C(=O)Nc2nc(N3CCC(C(N)=O)CC3)[nH]c(=O)c2C1c1ccncc1. The van der Waals surface area contributed by atoms with Gasteiger partial charge >= 0.3 is 0 Å². The monoisotopic (exact) mass is 393 g/mol. The van der Waals surface area contributed by atoms with Crippen LogP contribution in [-0.4, -0.2) is 39.9 Å². The molecule has 2 aromatic rings. The number of nitrogens with two attached hydrogens (primary N) is 1. The molecular weight excluding hydrogens is 374 g/mol. The number of hydrogen-bond acceptors (Lipinski definition) is 7. The van der Waals surface area contributed by atoms with Crippen molar-refractivity contribution in [3.63, 3.8) is 0 Å². The summed E-state index contributed by atoms with van der Waals surface area (Å²) in [5.74, 6) is -2.34. The molecule has 2 aromatic heterocycles. The van der Waals surface area contributed by atoms with Crippen molar-refractivity contribution < 1.29 is 9.59 Å². The Morgan fingerprint density at radius 2 is 1.93 bits per heavy atom. The number of piperidine rings is 1. The lowest BCUT2D eigenvalue weighted by molar-refractivity contribution is -0.122. The molecule has 0 aliphatic carbocycles. The standard InChI is InChI=1S/C19H19N7O3/c20-9-12-13(10-1-5-22-6-2-10)14-16(23-17(12)28)24-19(25-18(14)29)26-7-3-11(4-8-26)15(21)27/h1-2,5-6,11-13H,3-4,7-8H2,(H2,21,27)(H2,23,24,25,28,29). The summed E-state index contributed by atoms with van der Waals surface area (Å²) in [6.07, 6.45) is 4.24. The molecule has 2 aliphatic heterocycles. The zero-order valence-corrected chi connectivity index (χ0v) is 15.5. The number of hydrogen-bond donors (Lipinski definition) is 3. The zero-order valence-electron chi connectivity index (χ0n) is 15.5. The van der Waals surface area contributed by atoms with E-state index in [4.69, 9.17) is 5.73 Å². The van der Waals surface area contributed by atoms with Crippen molar-refractivity contribution in [3.8, 4) is 6.07 Å². The maximum atomic E-state index is 13.0. The fourth-order valence-corrected chi connectivity index (χ4v) is 3.96. The van der Waals surface area contributed by atoms with Crippen LogP contribution in [0.2, 0.25) is 0 Å². The Labute approximate surface area is 165 Å². The highest BCUT2D eigenvalue weighted by Gasteiger charge is 2.40. The van der Waals surface area contributed by atoms with E-state index in [9.17, 15) is 19.6 Å². The Morgan fingerprint density at radius 1 is 1.24 bits per heavy atom. The second-order valence-corrected chi connectivity index (χ2v) is 7.17. The van der Waals surface area contributed by atoms with E-state index < -0.39 is 23.3 Å². The molecule has 2 amide bonds. The Balaban J connectivity index is 1.73. The molecule has 4 rings (SSSR count). The summed E-state index contributed by atoms with van der Waals surface area (Å²) >= 11 is 0. The maximum Gasteiger partial charge on any atom is 0.258 e. The van der Waals surface area contributed by atoms with Crippen LogP contribution in [0.3, 0.4) is 0 Å². The normalized spacial score (nSPS) is 21.8. The van der Waals surface area contributed by atoms with Gasteiger partial charge in [0.05, 0.1) is 11.6 Å². The summed E-state index contributed by atoms with van der Waals surface area (Å²) in [7, 11) is 0. The van der Waals surface area contributed by atoms with Gasteiger partial charge in [0, 0.05) is 37.3 Å². The van der Waals surface area contributed by atoms with Crippen LogP contribution in [0.5, 0.6) is 0 Å². The van der Waals surface area contributed by atoms with Gasteiger partial charge in [-0.1, -0.05) is 0 Å². The van der Waals surface area contributed by atoms with Crippen molar-refractivity contribution in [2.75, 3.05) is 23.3 Å². The molecule has 10 heteroatoms.